The Kier molecular flexibility index (Phi) is 4.06. The largest absolute Gasteiger partial charge is 0.337 e. The van der Waals surface area contributed by atoms with Crippen LogP contribution >= 0.6 is 22.6 Å². The summed E-state index contributed by atoms with van der Waals surface area (Å²) in [4.78, 5) is 0. The molecule has 0 spiro atoms. The van der Waals surface area contributed by atoms with Gasteiger partial charge in [-0.05, 0) is 71.7 Å². The van der Waals surface area contributed by atoms with Gasteiger partial charge in [0.1, 0.15) is 0 Å². The van der Waals surface area contributed by atoms with Crippen molar-refractivity contribution in [3.63, 3.8) is 0 Å². The van der Waals surface area contributed by atoms with Crippen LogP contribution in [0.15, 0.2) is 54.7 Å². The van der Waals surface area contributed by atoms with E-state index in [0.29, 0.717) is 5.92 Å². The smallest absolute Gasteiger partial charge is 0.0691 e. The normalized spacial score (nSPS) is 14.5. The number of hydrogen-bond donors (Lipinski definition) is 0. The maximum atomic E-state index is 2.46. The van der Waals surface area contributed by atoms with E-state index in [-0.39, 0.29) is 5.54 Å². The van der Waals surface area contributed by atoms with E-state index in [4.69, 9.17) is 0 Å². The average molecular weight is 403 g/mol. The number of halogens is 1. The Morgan fingerprint density at radius 1 is 1.00 bits per heavy atom. The van der Waals surface area contributed by atoms with Crippen molar-refractivity contribution in [2.75, 3.05) is 0 Å². The van der Waals surface area contributed by atoms with Crippen LogP contribution < -0.4 is 0 Å². The Hall–Kier alpha value is -1.29. The molecule has 0 saturated carbocycles. The summed E-state index contributed by atoms with van der Waals surface area (Å²) in [5.41, 5.74) is 3.96. The molecular formula is C20H22IN. The highest BCUT2D eigenvalue weighted by Gasteiger charge is 2.33. The van der Waals surface area contributed by atoms with Crippen molar-refractivity contribution in [3.8, 4) is 0 Å². The lowest BCUT2D eigenvalue weighted by Gasteiger charge is -2.37. The topological polar surface area (TPSA) is 4.93 Å². The number of para-hydroxylation sites is 1. The molecule has 1 heterocycles. The van der Waals surface area contributed by atoms with Gasteiger partial charge in [0.15, 0.2) is 0 Å². The molecular weight excluding hydrogens is 381 g/mol. The van der Waals surface area contributed by atoms with Crippen LogP contribution in [0.5, 0.6) is 0 Å². The van der Waals surface area contributed by atoms with E-state index >= 15 is 0 Å². The van der Waals surface area contributed by atoms with E-state index in [9.17, 15) is 0 Å². The summed E-state index contributed by atoms with van der Waals surface area (Å²) < 4.78 is 3.74. The van der Waals surface area contributed by atoms with Crippen LogP contribution in [0.3, 0.4) is 0 Å². The third-order valence-corrected chi connectivity index (χ3v) is 5.68. The second-order valence-corrected chi connectivity index (χ2v) is 7.75. The molecule has 1 aromatic heterocycles. The number of benzene rings is 2. The highest BCUT2D eigenvalue weighted by atomic mass is 127. The molecule has 1 atom stereocenters. The van der Waals surface area contributed by atoms with Crippen LogP contribution in [-0.4, -0.2) is 4.57 Å². The zero-order chi connectivity index (χ0) is 15.9. The molecule has 0 bridgehead atoms. The SMILES string of the molecule is Cc1cn(C(C)(c2ccc(I)cc2)C(C)C)c2ccccc12. The molecule has 0 N–H and O–H groups in total. The Labute approximate surface area is 146 Å². The van der Waals surface area contributed by atoms with Gasteiger partial charge in [-0.3, -0.25) is 0 Å². The van der Waals surface area contributed by atoms with E-state index in [0.717, 1.165) is 0 Å². The molecule has 0 aliphatic carbocycles. The minimum Gasteiger partial charge on any atom is -0.337 e. The summed E-state index contributed by atoms with van der Waals surface area (Å²) in [6, 6.07) is 17.7. The van der Waals surface area contributed by atoms with Gasteiger partial charge >= 0.3 is 0 Å². The third-order valence-electron chi connectivity index (χ3n) is 4.96. The standard InChI is InChI=1S/C20H22IN/c1-14(2)20(4,16-9-11-17(21)12-10-16)22-13-15(3)18-7-5-6-8-19(18)22/h5-14H,1-4H3. The van der Waals surface area contributed by atoms with Crippen molar-refractivity contribution >= 4 is 33.5 Å². The maximum absolute atomic E-state index is 2.46. The molecule has 0 aliphatic heterocycles. The number of aromatic nitrogens is 1. The van der Waals surface area contributed by atoms with Crippen LogP contribution in [-0.2, 0) is 5.54 Å². The van der Waals surface area contributed by atoms with Gasteiger partial charge in [-0.25, -0.2) is 0 Å². The molecule has 0 fully saturated rings. The van der Waals surface area contributed by atoms with Gasteiger partial charge in [-0.1, -0.05) is 44.2 Å². The fraction of sp³-hybridized carbons (Fsp3) is 0.300. The maximum Gasteiger partial charge on any atom is 0.0691 e. The molecule has 0 amide bonds. The summed E-state index contributed by atoms with van der Waals surface area (Å²) in [7, 11) is 0. The number of aryl methyl sites for hydroxylation is 1. The predicted octanol–water partition coefficient (Wildman–Crippen LogP) is 5.97. The lowest BCUT2D eigenvalue weighted by molar-refractivity contribution is 0.289. The van der Waals surface area contributed by atoms with Gasteiger partial charge in [0.25, 0.3) is 0 Å². The number of fused-ring (bicyclic) bond motifs is 1. The van der Waals surface area contributed by atoms with Crippen molar-refractivity contribution in [1.29, 1.82) is 0 Å². The highest BCUT2D eigenvalue weighted by Crippen LogP contribution is 2.38. The molecule has 3 aromatic rings. The van der Waals surface area contributed by atoms with Crippen molar-refractivity contribution in [3.05, 3.63) is 69.4 Å². The summed E-state index contributed by atoms with van der Waals surface area (Å²) in [6.45, 7) is 9.17. The Balaban J connectivity index is 2.28. The Morgan fingerprint density at radius 2 is 1.64 bits per heavy atom. The van der Waals surface area contributed by atoms with Crippen molar-refractivity contribution in [1.82, 2.24) is 4.57 Å². The number of rotatable bonds is 3. The Bertz CT molecular complexity index is 798. The summed E-state index contributed by atoms with van der Waals surface area (Å²) in [5.74, 6) is 0.489. The second-order valence-electron chi connectivity index (χ2n) is 6.51. The first-order valence-corrected chi connectivity index (χ1v) is 8.85. The van der Waals surface area contributed by atoms with Crippen molar-refractivity contribution < 1.29 is 0 Å². The van der Waals surface area contributed by atoms with Crippen LogP contribution in [0, 0.1) is 16.4 Å². The van der Waals surface area contributed by atoms with E-state index in [2.05, 4.69) is 110 Å². The fourth-order valence-corrected chi connectivity index (χ4v) is 3.63. The molecule has 22 heavy (non-hydrogen) atoms. The quantitative estimate of drug-likeness (QED) is 0.475. The Morgan fingerprint density at radius 3 is 2.27 bits per heavy atom. The molecule has 1 nitrogen and oxygen atoms in total. The van der Waals surface area contributed by atoms with Crippen molar-refractivity contribution in [2.24, 2.45) is 5.92 Å². The van der Waals surface area contributed by atoms with E-state index in [1.54, 1.807) is 0 Å². The van der Waals surface area contributed by atoms with Crippen molar-refractivity contribution in [2.45, 2.75) is 33.2 Å². The highest BCUT2D eigenvalue weighted by molar-refractivity contribution is 14.1. The summed E-state index contributed by atoms with van der Waals surface area (Å²) >= 11 is 2.37. The van der Waals surface area contributed by atoms with Gasteiger partial charge < -0.3 is 4.57 Å². The number of hydrogen-bond acceptors (Lipinski definition) is 0. The summed E-state index contributed by atoms with van der Waals surface area (Å²) in [6.07, 6.45) is 2.31. The monoisotopic (exact) mass is 403 g/mol. The van der Waals surface area contributed by atoms with E-state index in [1.807, 2.05) is 0 Å². The third kappa shape index (κ3) is 2.37. The number of nitrogens with zero attached hydrogens (tertiary/aromatic N) is 1. The zero-order valence-electron chi connectivity index (χ0n) is 13.6. The molecule has 0 radical (unpaired) electrons. The second kappa shape index (κ2) is 5.73. The fourth-order valence-electron chi connectivity index (χ4n) is 3.27. The van der Waals surface area contributed by atoms with Crippen LogP contribution in [0.4, 0.5) is 0 Å². The van der Waals surface area contributed by atoms with Gasteiger partial charge in [0, 0.05) is 20.7 Å². The summed E-state index contributed by atoms with van der Waals surface area (Å²) in [5, 5.41) is 1.35. The van der Waals surface area contributed by atoms with E-state index < -0.39 is 0 Å². The van der Waals surface area contributed by atoms with Gasteiger partial charge in [-0.15, -0.1) is 0 Å². The first-order chi connectivity index (χ1) is 10.4. The van der Waals surface area contributed by atoms with Crippen LogP contribution in [0.2, 0.25) is 0 Å². The molecule has 0 saturated heterocycles. The molecule has 2 aromatic carbocycles. The minimum absolute atomic E-state index is 0.0573. The lowest BCUT2D eigenvalue weighted by Crippen LogP contribution is -2.36. The molecule has 2 heteroatoms. The first-order valence-electron chi connectivity index (χ1n) is 7.78. The van der Waals surface area contributed by atoms with Gasteiger partial charge in [0.2, 0.25) is 0 Å². The molecule has 3 rings (SSSR count). The predicted molar refractivity (Wildman–Crippen MR) is 103 cm³/mol. The van der Waals surface area contributed by atoms with Gasteiger partial charge in [-0.2, -0.15) is 0 Å². The van der Waals surface area contributed by atoms with Crippen LogP contribution in [0.1, 0.15) is 31.9 Å². The van der Waals surface area contributed by atoms with E-state index in [1.165, 1.54) is 25.6 Å². The average Bonchev–Trinajstić information content (AvgIpc) is 2.85. The molecule has 1 unspecified atom stereocenters. The zero-order valence-corrected chi connectivity index (χ0v) is 15.8. The first kappa shape index (κ1) is 15.6. The van der Waals surface area contributed by atoms with Gasteiger partial charge in [0.05, 0.1) is 5.54 Å². The molecule has 0 aliphatic rings. The minimum atomic E-state index is -0.0573. The van der Waals surface area contributed by atoms with Crippen LogP contribution in [0.25, 0.3) is 10.9 Å². The lowest BCUT2D eigenvalue weighted by atomic mass is 9.81. The molecule has 114 valence electrons.